The Hall–Kier alpha value is -4.78. The zero-order valence-corrected chi connectivity index (χ0v) is 21.5. The Morgan fingerprint density at radius 1 is 0.769 bits per heavy atom. The van der Waals surface area contributed by atoms with Crippen LogP contribution in [0.4, 0.5) is 0 Å². The Morgan fingerprint density at radius 2 is 1.46 bits per heavy atom. The average Bonchev–Trinajstić information content (AvgIpc) is 3.27. The molecule has 0 fully saturated rings. The number of hydrogen-bond donors (Lipinski definition) is 2. The smallest absolute Gasteiger partial charge is 0.323 e. The van der Waals surface area contributed by atoms with Crippen LogP contribution in [0.2, 0.25) is 0 Å². The van der Waals surface area contributed by atoms with Gasteiger partial charge >= 0.3 is 11.9 Å². The van der Waals surface area contributed by atoms with Crippen LogP contribution < -0.4 is 9.47 Å². The molecule has 2 N–H and O–H groups in total. The van der Waals surface area contributed by atoms with Crippen molar-refractivity contribution in [3.05, 3.63) is 108 Å². The number of nitrogens with zero attached hydrogens (tertiary/aromatic N) is 1. The number of carbonyl (C=O) groups is 2. The van der Waals surface area contributed by atoms with Crippen molar-refractivity contribution < 1.29 is 29.3 Å². The third-order valence-electron chi connectivity index (χ3n) is 6.09. The lowest BCUT2D eigenvalue weighted by Gasteiger charge is -2.06. The van der Waals surface area contributed by atoms with Gasteiger partial charge in [-0.2, -0.15) is 0 Å². The van der Waals surface area contributed by atoms with Crippen molar-refractivity contribution in [1.82, 2.24) is 4.57 Å². The van der Waals surface area contributed by atoms with E-state index in [0.717, 1.165) is 39.1 Å². The summed E-state index contributed by atoms with van der Waals surface area (Å²) in [4.78, 5) is 22.4. The van der Waals surface area contributed by atoms with Crippen LogP contribution in [0.1, 0.15) is 29.5 Å². The molecule has 7 heteroatoms. The maximum atomic E-state index is 11.5. The third-order valence-corrected chi connectivity index (χ3v) is 6.09. The minimum absolute atomic E-state index is 0.0733. The minimum Gasteiger partial charge on any atom is -0.490 e. The van der Waals surface area contributed by atoms with Crippen LogP contribution in [0, 0.1) is 0 Å². The number of aryl methyl sites for hydroxylation is 1. The molecule has 0 bridgehead atoms. The van der Waals surface area contributed by atoms with Gasteiger partial charge in [-0.15, -0.1) is 0 Å². The summed E-state index contributed by atoms with van der Waals surface area (Å²) in [6.45, 7) is 0.743. The first-order valence-electron chi connectivity index (χ1n) is 12.8. The van der Waals surface area contributed by atoms with E-state index < -0.39 is 11.9 Å². The number of aliphatic carboxylic acids is 2. The van der Waals surface area contributed by atoms with Gasteiger partial charge in [0.25, 0.3) is 0 Å². The first-order chi connectivity index (χ1) is 19.0. The second-order valence-corrected chi connectivity index (χ2v) is 8.98. The van der Waals surface area contributed by atoms with E-state index in [1.54, 1.807) is 4.57 Å². The van der Waals surface area contributed by atoms with Gasteiger partial charge in [-0.1, -0.05) is 60.7 Å². The summed E-state index contributed by atoms with van der Waals surface area (Å²) in [7, 11) is 0. The molecule has 4 aromatic rings. The van der Waals surface area contributed by atoms with E-state index in [1.807, 2.05) is 103 Å². The van der Waals surface area contributed by atoms with Crippen molar-refractivity contribution >= 4 is 35.0 Å². The molecular weight excluding hydrogens is 494 g/mol. The van der Waals surface area contributed by atoms with E-state index in [1.165, 1.54) is 0 Å². The largest absolute Gasteiger partial charge is 0.490 e. The van der Waals surface area contributed by atoms with Gasteiger partial charge in [0, 0.05) is 18.0 Å². The van der Waals surface area contributed by atoms with Crippen molar-refractivity contribution in [2.24, 2.45) is 0 Å². The number of aromatic nitrogens is 1. The highest BCUT2D eigenvalue weighted by atomic mass is 16.5. The Labute approximate surface area is 227 Å². The van der Waals surface area contributed by atoms with Gasteiger partial charge < -0.3 is 24.3 Å². The molecule has 0 aliphatic carbocycles. The van der Waals surface area contributed by atoms with Crippen LogP contribution >= 0.6 is 0 Å². The van der Waals surface area contributed by atoms with E-state index >= 15 is 0 Å². The predicted molar refractivity (Wildman–Crippen MR) is 152 cm³/mol. The van der Waals surface area contributed by atoms with Gasteiger partial charge in [0.1, 0.15) is 31.3 Å². The highest BCUT2D eigenvalue weighted by molar-refractivity contribution is 5.94. The molecule has 4 rings (SSSR count). The predicted octanol–water partition coefficient (Wildman–Crippen LogP) is 6.32. The summed E-state index contributed by atoms with van der Waals surface area (Å²) in [6, 6.07) is 23.2. The minimum atomic E-state index is -0.933. The monoisotopic (exact) mass is 525 g/mol. The molecule has 0 atom stereocenters. The SMILES string of the molecule is O=C(O)CCCc1cn(CC(=O)O)c2c(C=Cc3ccc(OCC=CCOc4ccccc4)cc3)cccc12. The molecule has 0 radical (unpaired) electrons. The lowest BCUT2D eigenvalue weighted by atomic mass is 10.0. The van der Waals surface area contributed by atoms with E-state index in [9.17, 15) is 14.7 Å². The molecule has 0 aliphatic rings. The summed E-state index contributed by atoms with van der Waals surface area (Å²) in [5.41, 5.74) is 3.64. The number of hydrogen-bond acceptors (Lipinski definition) is 4. The molecule has 0 saturated carbocycles. The first-order valence-corrected chi connectivity index (χ1v) is 12.8. The molecule has 0 unspecified atom stereocenters. The second kappa shape index (κ2) is 13.7. The second-order valence-electron chi connectivity index (χ2n) is 8.98. The summed E-state index contributed by atoms with van der Waals surface area (Å²) in [5.74, 6) is -0.190. The molecule has 0 saturated heterocycles. The Kier molecular flexibility index (Phi) is 9.56. The van der Waals surface area contributed by atoms with Gasteiger partial charge in [0.05, 0.1) is 5.52 Å². The Balaban J connectivity index is 1.39. The number of para-hydroxylation sites is 2. The van der Waals surface area contributed by atoms with E-state index in [-0.39, 0.29) is 13.0 Å². The molecule has 200 valence electrons. The number of carboxylic acids is 2. The highest BCUT2D eigenvalue weighted by Gasteiger charge is 2.13. The maximum Gasteiger partial charge on any atom is 0.323 e. The molecule has 7 nitrogen and oxygen atoms in total. The van der Waals surface area contributed by atoms with E-state index in [4.69, 9.17) is 14.6 Å². The summed E-state index contributed by atoms with van der Waals surface area (Å²) in [5, 5.41) is 19.3. The normalized spacial score (nSPS) is 11.4. The van der Waals surface area contributed by atoms with Crippen LogP contribution in [-0.2, 0) is 22.6 Å². The van der Waals surface area contributed by atoms with Crippen molar-refractivity contribution in [1.29, 1.82) is 0 Å². The number of ether oxygens (including phenoxy) is 2. The molecule has 39 heavy (non-hydrogen) atoms. The summed E-state index contributed by atoms with van der Waals surface area (Å²) in [6.07, 6.45) is 10.7. The zero-order chi connectivity index (χ0) is 27.5. The lowest BCUT2D eigenvalue weighted by molar-refractivity contribution is -0.138. The topological polar surface area (TPSA) is 98.0 Å². The fraction of sp³-hybridized carbons (Fsp3) is 0.188. The lowest BCUT2D eigenvalue weighted by Crippen LogP contribution is -2.07. The zero-order valence-electron chi connectivity index (χ0n) is 21.5. The van der Waals surface area contributed by atoms with Crippen molar-refractivity contribution in [3.63, 3.8) is 0 Å². The number of fused-ring (bicyclic) bond motifs is 1. The number of carboxylic acid groups (broad SMARTS) is 2. The molecule has 3 aromatic carbocycles. The maximum absolute atomic E-state index is 11.5. The number of benzene rings is 3. The fourth-order valence-electron chi connectivity index (χ4n) is 4.30. The number of rotatable bonds is 14. The highest BCUT2D eigenvalue weighted by Crippen LogP contribution is 2.28. The van der Waals surface area contributed by atoms with Crippen molar-refractivity contribution in [2.75, 3.05) is 13.2 Å². The van der Waals surface area contributed by atoms with Gasteiger partial charge in [0.15, 0.2) is 0 Å². The summed E-state index contributed by atoms with van der Waals surface area (Å²) < 4.78 is 13.1. The first kappa shape index (κ1) is 27.3. The Bertz CT molecular complexity index is 1450. The van der Waals surface area contributed by atoms with E-state index in [0.29, 0.717) is 26.1 Å². The Morgan fingerprint density at radius 3 is 2.13 bits per heavy atom. The van der Waals surface area contributed by atoms with Gasteiger partial charge in [-0.25, -0.2) is 0 Å². The quantitative estimate of drug-likeness (QED) is 0.148. The van der Waals surface area contributed by atoms with Crippen LogP contribution in [0.25, 0.3) is 23.1 Å². The van der Waals surface area contributed by atoms with Crippen LogP contribution in [0.15, 0.2) is 91.1 Å². The molecule has 1 aromatic heterocycles. The third kappa shape index (κ3) is 8.10. The van der Waals surface area contributed by atoms with Gasteiger partial charge in [-0.3, -0.25) is 9.59 Å². The average molecular weight is 526 g/mol. The van der Waals surface area contributed by atoms with Crippen LogP contribution in [0.5, 0.6) is 11.5 Å². The van der Waals surface area contributed by atoms with Crippen molar-refractivity contribution in [2.45, 2.75) is 25.8 Å². The van der Waals surface area contributed by atoms with Crippen LogP contribution in [0.3, 0.4) is 0 Å². The molecule has 0 spiro atoms. The molecule has 0 amide bonds. The van der Waals surface area contributed by atoms with E-state index in [2.05, 4.69) is 0 Å². The standard InChI is InChI=1S/C32H31NO6/c34-30(35)13-7-9-26-22-33(23-31(36)37)32-25(8-6-12-29(26)32)17-14-24-15-18-28(19-16-24)39-21-5-4-20-38-27-10-2-1-3-11-27/h1-6,8,10-12,14-19,22H,7,9,13,20-21,23H2,(H,34,35)(H,36,37). The summed E-state index contributed by atoms with van der Waals surface area (Å²) >= 11 is 0. The molecular formula is C32H31NO6. The molecule has 0 aliphatic heterocycles. The van der Waals surface area contributed by atoms with Crippen LogP contribution in [-0.4, -0.2) is 39.9 Å². The van der Waals surface area contributed by atoms with Crippen molar-refractivity contribution in [3.8, 4) is 11.5 Å². The van der Waals surface area contributed by atoms with Gasteiger partial charge in [0.2, 0.25) is 0 Å². The van der Waals surface area contributed by atoms with Gasteiger partial charge in [-0.05, 0) is 65.9 Å². The fourth-order valence-corrected chi connectivity index (χ4v) is 4.30. The molecule has 1 heterocycles.